The summed E-state index contributed by atoms with van der Waals surface area (Å²) in [5.41, 5.74) is 14.2. The normalized spacial score (nSPS) is 12.7. The van der Waals surface area contributed by atoms with Crippen LogP contribution >= 0.6 is 0 Å². The van der Waals surface area contributed by atoms with E-state index >= 15 is 0 Å². The molecule has 0 aliphatic rings. The number of fused-ring (bicyclic) bond motifs is 6. The van der Waals surface area contributed by atoms with Crippen molar-refractivity contribution in [2.75, 3.05) is 0 Å². The van der Waals surface area contributed by atoms with Crippen molar-refractivity contribution in [3.05, 3.63) is 139 Å². The average molecular weight is 582 g/mol. The van der Waals surface area contributed by atoms with E-state index in [2.05, 4.69) is 173 Å². The fraction of sp³-hybridized carbons (Fsp3) is 0.182. The zero-order valence-electron chi connectivity index (χ0n) is 27.1. The van der Waals surface area contributed by atoms with Gasteiger partial charge in [-0.1, -0.05) is 120 Å². The molecule has 0 atom stereocenters. The second-order valence-electron chi connectivity index (χ2n) is 14.7. The predicted molar refractivity (Wildman–Crippen MR) is 195 cm³/mol. The number of aromatic nitrogens is 1. The highest BCUT2D eigenvalue weighted by atomic mass is 14.9. The van der Waals surface area contributed by atoms with Crippen LogP contribution in [0.3, 0.4) is 0 Å². The van der Waals surface area contributed by atoms with Crippen molar-refractivity contribution in [1.82, 2.24) is 4.40 Å². The molecule has 0 aliphatic carbocycles. The van der Waals surface area contributed by atoms with Gasteiger partial charge in [-0.2, -0.15) is 0 Å². The number of benzene rings is 6. The van der Waals surface area contributed by atoms with Gasteiger partial charge in [0.2, 0.25) is 0 Å². The molecule has 0 saturated heterocycles. The SMILES string of the molecule is CC(C)(C)c1ccc2c(c1)c1cc(C(C)(C)C)cc3c4cc(-c5cccc(-c6cccc(-c7ccccc7)c6)c5)ccc4n2c31. The molecule has 0 amide bonds. The molecule has 0 unspecified atom stereocenters. The molecular weight excluding hydrogens is 542 g/mol. The second kappa shape index (κ2) is 9.81. The topological polar surface area (TPSA) is 4.41 Å². The van der Waals surface area contributed by atoms with Gasteiger partial charge in [0.15, 0.2) is 0 Å². The Balaban J connectivity index is 1.32. The van der Waals surface area contributed by atoms with Crippen LogP contribution in [-0.2, 0) is 10.8 Å². The summed E-state index contributed by atoms with van der Waals surface area (Å²) in [4.78, 5) is 0. The van der Waals surface area contributed by atoms with E-state index in [4.69, 9.17) is 0 Å². The van der Waals surface area contributed by atoms with Crippen LogP contribution in [-0.4, -0.2) is 4.40 Å². The van der Waals surface area contributed by atoms with Crippen molar-refractivity contribution in [1.29, 1.82) is 0 Å². The minimum Gasteiger partial charge on any atom is -0.308 e. The maximum atomic E-state index is 2.50. The molecule has 220 valence electrons. The molecule has 0 spiro atoms. The largest absolute Gasteiger partial charge is 0.308 e. The molecular formula is C44H39N. The summed E-state index contributed by atoms with van der Waals surface area (Å²) < 4.78 is 2.50. The summed E-state index contributed by atoms with van der Waals surface area (Å²) in [5.74, 6) is 0. The number of hydrogen-bond donors (Lipinski definition) is 0. The summed E-state index contributed by atoms with van der Waals surface area (Å²) in [6.07, 6.45) is 0. The molecule has 2 aromatic heterocycles. The highest BCUT2D eigenvalue weighted by molar-refractivity contribution is 6.24. The Morgan fingerprint density at radius 1 is 0.356 bits per heavy atom. The summed E-state index contributed by atoms with van der Waals surface area (Å²) in [5, 5.41) is 5.37. The molecule has 8 rings (SSSR count). The lowest BCUT2D eigenvalue weighted by molar-refractivity contribution is 0.590. The Hall–Kier alpha value is -4.88. The van der Waals surface area contributed by atoms with Crippen molar-refractivity contribution < 1.29 is 0 Å². The molecule has 2 heterocycles. The third-order valence-corrected chi connectivity index (χ3v) is 9.62. The third-order valence-electron chi connectivity index (χ3n) is 9.62. The maximum absolute atomic E-state index is 2.50. The number of rotatable bonds is 3. The Morgan fingerprint density at radius 3 is 1.36 bits per heavy atom. The second-order valence-corrected chi connectivity index (χ2v) is 14.7. The van der Waals surface area contributed by atoms with Gasteiger partial charge in [-0.05, 0) is 104 Å². The smallest absolute Gasteiger partial charge is 0.0620 e. The average Bonchev–Trinajstić information content (AvgIpc) is 3.55. The predicted octanol–water partition coefficient (Wildman–Crippen LogP) is 12.4. The fourth-order valence-corrected chi connectivity index (χ4v) is 7.02. The van der Waals surface area contributed by atoms with Crippen molar-refractivity contribution >= 4 is 38.1 Å². The highest BCUT2D eigenvalue weighted by Crippen LogP contribution is 2.44. The lowest BCUT2D eigenvalue weighted by Crippen LogP contribution is -2.11. The molecule has 0 radical (unpaired) electrons. The summed E-state index contributed by atoms with van der Waals surface area (Å²) in [6.45, 7) is 13.9. The van der Waals surface area contributed by atoms with Gasteiger partial charge in [0, 0.05) is 21.5 Å². The van der Waals surface area contributed by atoms with Crippen LogP contribution in [0.4, 0.5) is 0 Å². The summed E-state index contributed by atoms with van der Waals surface area (Å²) in [6, 6.07) is 47.5. The van der Waals surface area contributed by atoms with E-state index in [9.17, 15) is 0 Å². The summed E-state index contributed by atoms with van der Waals surface area (Å²) in [7, 11) is 0. The van der Waals surface area contributed by atoms with Gasteiger partial charge in [0.05, 0.1) is 16.6 Å². The van der Waals surface area contributed by atoms with Gasteiger partial charge < -0.3 is 4.40 Å². The third kappa shape index (κ3) is 4.53. The van der Waals surface area contributed by atoms with Crippen LogP contribution in [0.2, 0.25) is 0 Å². The zero-order chi connectivity index (χ0) is 31.1. The lowest BCUT2D eigenvalue weighted by Gasteiger charge is -2.20. The molecule has 1 heteroatoms. The molecule has 0 saturated carbocycles. The van der Waals surface area contributed by atoms with Crippen LogP contribution < -0.4 is 0 Å². The molecule has 0 aliphatic heterocycles. The van der Waals surface area contributed by atoms with E-state index in [1.165, 1.54) is 82.6 Å². The highest BCUT2D eigenvalue weighted by Gasteiger charge is 2.24. The number of hydrogen-bond acceptors (Lipinski definition) is 0. The molecule has 45 heavy (non-hydrogen) atoms. The van der Waals surface area contributed by atoms with Gasteiger partial charge >= 0.3 is 0 Å². The first-order valence-electron chi connectivity index (χ1n) is 16.1. The van der Waals surface area contributed by atoms with E-state index in [0.29, 0.717) is 0 Å². The van der Waals surface area contributed by atoms with Gasteiger partial charge in [-0.3, -0.25) is 0 Å². The van der Waals surface area contributed by atoms with E-state index in [1.807, 2.05) is 0 Å². The van der Waals surface area contributed by atoms with Crippen LogP contribution in [0.25, 0.3) is 71.5 Å². The van der Waals surface area contributed by atoms with E-state index in [1.54, 1.807) is 0 Å². The Labute approximate surface area is 266 Å². The van der Waals surface area contributed by atoms with Crippen LogP contribution in [0.1, 0.15) is 52.7 Å². The van der Waals surface area contributed by atoms with E-state index < -0.39 is 0 Å². The molecule has 1 nitrogen and oxygen atoms in total. The van der Waals surface area contributed by atoms with Gasteiger partial charge in [-0.15, -0.1) is 0 Å². The number of nitrogens with zero attached hydrogens (tertiary/aromatic N) is 1. The van der Waals surface area contributed by atoms with Gasteiger partial charge in [-0.25, -0.2) is 0 Å². The monoisotopic (exact) mass is 581 g/mol. The van der Waals surface area contributed by atoms with Gasteiger partial charge in [0.25, 0.3) is 0 Å². The minimum absolute atomic E-state index is 0.0454. The van der Waals surface area contributed by atoms with Crippen LogP contribution in [0.15, 0.2) is 127 Å². The van der Waals surface area contributed by atoms with Crippen molar-refractivity contribution in [3.63, 3.8) is 0 Å². The Bertz CT molecular complexity index is 2370. The first-order chi connectivity index (χ1) is 21.6. The lowest BCUT2D eigenvalue weighted by atomic mass is 9.84. The molecule has 8 aromatic rings. The van der Waals surface area contributed by atoms with Crippen molar-refractivity contribution in [2.45, 2.75) is 52.4 Å². The molecule has 0 fully saturated rings. The van der Waals surface area contributed by atoms with Crippen molar-refractivity contribution in [2.24, 2.45) is 0 Å². The van der Waals surface area contributed by atoms with Crippen LogP contribution in [0, 0.1) is 0 Å². The van der Waals surface area contributed by atoms with Crippen LogP contribution in [0.5, 0.6) is 0 Å². The fourth-order valence-electron chi connectivity index (χ4n) is 7.02. The minimum atomic E-state index is 0.0454. The first-order valence-corrected chi connectivity index (χ1v) is 16.1. The Kier molecular flexibility index (Phi) is 6.03. The standard InChI is InChI=1S/C44H39N/c1-43(2,3)34-19-21-41-37(25-34)39-27-35(44(4,5)6)26-38-36-24-33(18-20-40(36)45(41)42(38)39)32-17-11-16-31(23-32)30-15-10-14-29(22-30)28-12-8-7-9-13-28/h7-27H,1-6H3. The van der Waals surface area contributed by atoms with Crippen molar-refractivity contribution in [3.8, 4) is 33.4 Å². The van der Waals surface area contributed by atoms with E-state index in [0.717, 1.165) is 0 Å². The molecule has 6 aromatic carbocycles. The molecule has 0 bridgehead atoms. The first kappa shape index (κ1) is 27.7. The summed E-state index contributed by atoms with van der Waals surface area (Å²) >= 11 is 0. The maximum Gasteiger partial charge on any atom is 0.0620 e. The van der Waals surface area contributed by atoms with Gasteiger partial charge in [0.1, 0.15) is 0 Å². The Morgan fingerprint density at radius 2 is 0.800 bits per heavy atom. The molecule has 0 N–H and O–H groups in total. The van der Waals surface area contributed by atoms with E-state index in [-0.39, 0.29) is 10.8 Å². The quantitative estimate of drug-likeness (QED) is 0.195. The zero-order valence-corrected chi connectivity index (χ0v) is 27.1.